The molecule has 1 aromatic heterocycles. The Hall–Kier alpha value is -2.13. The molecule has 1 heterocycles. The third-order valence-corrected chi connectivity index (χ3v) is 3.89. The Labute approximate surface area is 124 Å². The highest BCUT2D eigenvalue weighted by atomic mass is 16.3. The number of hydrogen-bond donors (Lipinski definition) is 1. The van der Waals surface area contributed by atoms with Gasteiger partial charge in [0.2, 0.25) is 0 Å². The molecule has 0 saturated heterocycles. The van der Waals surface area contributed by atoms with Crippen LogP contribution in [0, 0.1) is 0 Å². The highest BCUT2D eigenvalue weighted by Gasteiger charge is 2.16. The first-order valence-corrected chi connectivity index (χ1v) is 7.33. The highest BCUT2D eigenvalue weighted by molar-refractivity contribution is 5.85. The lowest BCUT2D eigenvalue weighted by Crippen LogP contribution is -2.11. The average Bonchev–Trinajstić information content (AvgIpc) is 2.97. The second-order valence-electron chi connectivity index (χ2n) is 5.68. The maximum absolute atomic E-state index is 10.6. The fourth-order valence-electron chi connectivity index (χ4n) is 2.79. The van der Waals surface area contributed by atoms with E-state index in [1.54, 1.807) is 12.5 Å². The van der Waals surface area contributed by atoms with Crippen molar-refractivity contribution in [1.82, 2.24) is 9.55 Å². The first-order chi connectivity index (χ1) is 10.2. The summed E-state index contributed by atoms with van der Waals surface area (Å²) in [6.45, 7) is 4.19. The first-order valence-electron chi connectivity index (χ1n) is 7.33. The molecule has 0 radical (unpaired) electrons. The smallest absolute Gasteiger partial charge is 0.0996 e. The minimum Gasteiger partial charge on any atom is -0.386 e. The van der Waals surface area contributed by atoms with Crippen molar-refractivity contribution < 1.29 is 5.11 Å². The number of imidazole rings is 1. The summed E-state index contributed by atoms with van der Waals surface area (Å²) in [5, 5.41) is 13.0. The van der Waals surface area contributed by atoms with Gasteiger partial charge in [0, 0.05) is 12.5 Å². The summed E-state index contributed by atoms with van der Waals surface area (Å²) in [7, 11) is 0. The van der Waals surface area contributed by atoms with E-state index in [0.29, 0.717) is 12.5 Å². The summed E-state index contributed by atoms with van der Waals surface area (Å²) in [6, 6.07) is 14.8. The SMILES string of the molecule is CC(C)n1cncc1C(O)Cc1cccc2ccccc12. The Morgan fingerprint density at radius 2 is 1.86 bits per heavy atom. The van der Waals surface area contributed by atoms with E-state index in [1.165, 1.54) is 10.8 Å². The third kappa shape index (κ3) is 2.69. The molecule has 0 bridgehead atoms. The quantitative estimate of drug-likeness (QED) is 0.787. The largest absolute Gasteiger partial charge is 0.386 e. The van der Waals surface area contributed by atoms with Crippen LogP contribution in [-0.4, -0.2) is 14.7 Å². The molecule has 108 valence electrons. The standard InChI is InChI=1S/C18H20N2O/c1-13(2)20-12-19-11-17(20)18(21)10-15-8-5-7-14-6-3-4-9-16(14)15/h3-9,11-13,18,21H,10H2,1-2H3. The summed E-state index contributed by atoms with van der Waals surface area (Å²) in [5.41, 5.74) is 2.04. The summed E-state index contributed by atoms with van der Waals surface area (Å²) in [4.78, 5) is 4.17. The molecule has 0 aliphatic heterocycles. The molecule has 0 aliphatic carbocycles. The number of fused-ring (bicyclic) bond motifs is 1. The van der Waals surface area contributed by atoms with Crippen LogP contribution in [0.1, 0.15) is 37.3 Å². The van der Waals surface area contributed by atoms with Crippen LogP contribution in [0.3, 0.4) is 0 Å². The summed E-state index contributed by atoms with van der Waals surface area (Å²) < 4.78 is 2.02. The lowest BCUT2D eigenvalue weighted by Gasteiger charge is -2.17. The van der Waals surface area contributed by atoms with Gasteiger partial charge in [0.1, 0.15) is 0 Å². The molecular weight excluding hydrogens is 260 g/mol. The van der Waals surface area contributed by atoms with Gasteiger partial charge in [-0.25, -0.2) is 4.98 Å². The normalized spacial score (nSPS) is 13.0. The van der Waals surface area contributed by atoms with Crippen molar-refractivity contribution in [3.63, 3.8) is 0 Å². The van der Waals surface area contributed by atoms with E-state index in [1.807, 2.05) is 22.8 Å². The van der Waals surface area contributed by atoms with Crippen molar-refractivity contribution >= 4 is 10.8 Å². The number of aromatic nitrogens is 2. The predicted octanol–water partition coefficient (Wildman–Crippen LogP) is 3.89. The molecule has 3 heteroatoms. The van der Waals surface area contributed by atoms with Gasteiger partial charge in [0.15, 0.2) is 0 Å². The molecule has 1 atom stereocenters. The van der Waals surface area contributed by atoms with E-state index >= 15 is 0 Å². The summed E-state index contributed by atoms with van der Waals surface area (Å²) in [5.74, 6) is 0. The van der Waals surface area contributed by atoms with E-state index in [-0.39, 0.29) is 0 Å². The number of aliphatic hydroxyl groups is 1. The van der Waals surface area contributed by atoms with E-state index in [2.05, 4.69) is 43.1 Å². The van der Waals surface area contributed by atoms with Gasteiger partial charge in [0.05, 0.1) is 24.3 Å². The molecular formula is C18H20N2O. The molecule has 2 aromatic carbocycles. The zero-order valence-electron chi connectivity index (χ0n) is 12.4. The minimum atomic E-state index is -0.541. The molecule has 3 nitrogen and oxygen atoms in total. The fraction of sp³-hybridized carbons (Fsp3) is 0.278. The van der Waals surface area contributed by atoms with E-state index in [0.717, 1.165) is 11.3 Å². The van der Waals surface area contributed by atoms with Crippen molar-refractivity contribution in [2.45, 2.75) is 32.4 Å². The predicted molar refractivity (Wildman–Crippen MR) is 85.2 cm³/mol. The molecule has 0 fully saturated rings. The third-order valence-electron chi connectivity index (χ3n) is 3.89. The van der Waals surface area contributed by atoms with Crippen LogP contribution in [0.5, 0.6) is 0 Å². The van der Waals surface area contributed by atoms with Crippen LogP contribution >= 0.6 is 0 Å². The summed E-state index contributed by atoms with van der Waals surface area (Å²) in [6.07, 6.45) is 3.60. The van der Waals surface area contributed by atoms with E-state index in [4.69, 9.17) is 0 Å². The molecule has 0 saturated carbocycles. The fourth-order valence-corrected chi connectivity index (χ4v) is 2.79. The topological polar surface area (TPSA) is 38.0 Å². The minimum absolute atomic E-state index is 0.296. The second kappa shape index (κ2) is 5.70. The summed E-state index contributed by atoms with van der Waals surface area (Å²) >= 11 is 0. The van der Waals surface area contributed by atoms with Gasteiger partial charge in [-0.3, -0.25) is 0 Å². The Bertz CT molecular complexity index is 740. The Balaban J connectivity index is 1.93. The van der Waals surface area contributed by atoms with Gasteiger partial charge in [-0.2, -0.15) is 0 Å². The van der Waals surface area contributed by atoms with Gasteiger partial charge in [0.25, 0.3) is 0 Å². The van der Waals surface area contributed by atoms with Crippen LogP contribution in [0.4, 0.5) is 0 Å². The molecule has 21 heavy (non-hydrogen) atoms. The van der Waals surface area contributed by atoms with Gasteiger partial charge in [-0.05, 0) is 30.2 Å². The van der Waals surface area contributed by atoms with Crippen LogP contribution in [0.15, 0.2) is 55.0 Å². The molecule has 1 unspecified atom stereocenters. The highest BCUT2D eigenvalue weighted by Crippen LogP contribution is 2.25. The average molecular weight is 280 g/mol. The van der Waals surface area contributed by atoms with Gasteiger partial charge >= 0.3 is 0 Å². The molecule has 0 amide bonds. The number of rotatable bonds is 4. The van der Waals surface area contributed by atoms with Crippen molar-refractivity contribution in [1.29, 1.82) is 0 Å². The number of hydrogen-bond acceptors (Lipinski definition) is 2. The van der Waals surface area contributed by atoms with E-state index in [9.17, 15) is 5.11 Å². The van der Waals surface area contributed by atoms with Crippen molar-refractivity contribution in [3.8, 4) is 0 Å². The zero-order valence-corrected chi connectivity index (χ0v) is 12.4. The Kier molecular flexibility index (Phi) is 3.76. The zero-order chi connectivity index (χ0) is 14.8. The van der Waals surface area contributed by atoms with E-state index < -0.39 is 6.10 Å². The van der Waals surface area contributed by atoms with Crippen molar-refractivity contribution in [2.75, 3.05) is 0 Å². The van der Waals surface area contributed by atoms with Crippen LogP contribution in [0.25, 0.3) is 10.8 Å². The van der Waals surface area contributed by atoms with Crippen molar-refractivity contribution in [3.05, 3.63) is 66.2 Å². The molecule has 3 aromatic rings. The number of nitrogens with zero attached hydrogens (tertiary/aromatic N) is 2. The Morgan fingerprint density at radius 3 is 2.67 bits per heavy atom. The van der Waals surface area contributed by atoms with Crippen LogP contribution in [0.2, 0.25) is 0 Å². The molecule has 0 spiro atoms. The lowest BCUT2D eigenvalue weighted by molar-refractivity contribution is 0.167. The number of benzene rings is 2. The second-order valence-corrected chi connectivity index (χ2v) is 5.68. The Morgan fingerprint density at radius 1 is 1.10 bits per heavy atom. The van der Waals surface area contributed by atoms with Crippen molar-refractivity contribution in [2.24, 2.45) is 0 Å². The van der Waals surface area contributed by atoms with Gasteiger partial charge < -0.3 is 9.67 Å². The monoisotopic (exact) mass is 280 g/mol. The molecule has 0 aliphatic rings. The van der Waals surface area contributed by atoms with Crippen LogP contribution < -0.4 is 0 Å². The lowest BCUT2D eigenvalue weighted by atomic mass is 9.99. The van der Waals surface area contributed by atoms with Crippen LogP contribution in [-0.2, 0) is 6.42 Å². The molecule has 3 rings (SSSR count). The molecule has 1 N–H and O–H groups in total. The van der Waals surface area contributed by atoms with Gasteiger partial charge in [-0.15, -0.1) is 0 Å². The first kappa shape index (κ1) is 13.8. The van der Waals surface area contributed by atoms with Gasteiger partial charge in [-0.1, -0.05) is 42.5 Å². The number of aliphatic hydroxyl groups excluding tert-OH is 1. The maximum Gasteiger partial charge on any atom is 0.0996 e. The maximum atomic E-state index is 10.6.